The molecule has 1 fully saturated rings. The minimum atomic E-state index is -0.547. The first-order chi connectivity index (χ1) is 10.3. The molecule has 22 heavy (non-hydrogen) atoms. The second kappa shape index (κ2) is 6.69. The standard InChI is InChI=1S/C18H27NO3/c1-13-8-5-6-10-15(13)16(20)12-14-9-7-11-19(14)17(21)22-18(2,3)4/h5-6,8,10,14,16,20H,7,9,11-12H2,1-4H3. The average Bonchev–Trinajstić information content (AvgIpc) is 2.85. The maximum absolute atomic E-state index is 12.3. The van der Waals surface area contributed by atoms with E-state index in [-0.39, 0.29) is 12.1 Å². The van der Waals surface area contributed by atoms with Crippen molar-refractivity contribution in [1.82, 2.24) is 4.90 Å². The van der Waals surface area contributed by atoms with E-state index in [0.29, 0.717) is 13.0 Å². The van der Waals surface area contributed by atoms with Gasteiger partial charge in [0.2, 0.25) is 0 Å². The molecule has 0 spiro atoms. The fourth-order valence-corrected chi connectivity index (χ4v) is 2.99. The molecule has 0 bridgehead atoms. The Kier molecular flexibility index (Phi) is 5.12. The van der Waals surface area contributed by atoms with Gasteiger partial charge in [0.1, 0.15) is 5.60 Å². The highest BCUT2D eigenvalue weighted by molar-refractivity contribution is 5.69. The van der Waals surface area contributed by atoms with Crippen LogP contribution in [0.2, 0.25) is 0 Å². The number of likely N-dealkylation sites (tertiary alicyclic amines) is 1. The Morgan fingerprint density at radius 1 is 1.41 bits per heavy atom. The summed E-state index contributed by atoms with van der Waals surface area (Å²) in [7, 11) is 0. The Labute approximate surface area is 133 Å². The van der Waals surface area contributed by atoms with Gasteiger partial charge in [-0.05, 0) is 58.1 Å². The Hall–Kier alpha value is -1.55. The third kappa shape index (κ3) is 4.23. The van der Waals surface area contributed by atoms with Crippen LogP contribution < -0.4 is 0 Å². The monoisotopic (exact) mass is 305 g/mol. The third-order valence-electron chi connectivity index (χ3n) is 4.05. The summed E-state index contributed by atoms with van der Waals surface area (Å²) in [6.07, 6.45) is 1.62. The van der Waals surface area contributed by atoms with Crippen LogP contribution in [-0.2, 0) is 4.74 Å². The Bertz CT molecular complexity index is 521. The van der Waals surface area contributed by atoms with Crippen molar-refractivity contribution in [2.75, 3.05) is 6.54 Å². The number of benzene rings is 1. The van der Waals surface area contributed by atoms with Gasteiger partial charge in [0, 0.05) is 12.6 Å². The number of carbonyl (C=O) groups excluding carboxylic acids is 1. The largest absolute Gasteiger partial charge is 0.444 e. The van der Waals surface area contributed by atoms with E-state index in [0.717, 1.165) is 24.0 Å². The quantitative estimate of drug-likeness (QED) is 0.923. The summed E-state index contributed by atoms with van der Waals surface area (Å²) in [5.74, 6) is 0. The van der Waals surface area contributed by atoms with Crippen LogP contribution in [0.5, 0.6) is 0 Å². The lowest BCUT2D eigenvalue weighted by molar-refractivity contribution is 0.0178. The Balaban J connectivity index is 2.02. The highest BCUT2D eigenvalue weighted by Gasteiger charge is 2.33. The summed E-state index contributed by atoms with van der Waals surface area (Å²) in [5, 5.41) is 10.5. The number of aliphatic hydroxyl groups excluding tert-OH is 1. The van der Waals surface area contributed by atoms with E-state index < -0.39 is 11.7 Å². The number of hydrogen-bond acceptors (Lipinski definition) is 3. The van der Waals surface area contributed by atoms with Gasteiger partial charge in [0.05, 0.1) is 6.10 Å². The molecule has 0 radical (unpaired) electrons. The molecule has 2 unspecified atom stereocenters. The molecule has 1 N–H and O–H groups in total. The van der Waals surface area contributed by atoms with E-state index in [9.17, 15) is 9.90 Å². The first-order valence-corrected chi connectivity index (χ1v) is 8.01. The van der Waals surface area contributed by atoms with Crippen molar-refractivity contribution in [3.8, 4) is 0 Å². The number of nitrogens with zero attached hydrogens (tertiary/aromatic N) is 1. The van der Waals surface area contributed by atoms with E-state index in [1.165, 1.54) is 0 Å². The SMILES string of the molecule is Cc1ccccc1C(O)CC1CCCN1C(=O)OC(C)(C)C. The molecular weight excluding hydrogens is 278 g/mol. The van der Waals surface area contributed by atoms with Crippen LogP contribution >= 0.6 is 0 Å². The third-order valence-corrected chi connectivity index (χ3v) is 4.05. The Morgan fingerprint density at radius 2 is 2.09 bits per heavy atom. The molecular formula is C18H27NO3. The summed E-state index contributed by atoms with van der Waals surface area (Å²) < 4.78 is 5.47. The molecule has 2 rings (SSSR count). The predicted molar refractivity (Wildman–Crippen MR) is 86.7 cm³/mol. The first kappa shape index (κ1) is 16.8. The second-order valence-corrected chi connectivity index (χ2v) is 7.08. The number of aliphatic hydroxyl groups is 1. The molecule has 2 atom stereocenters. The number of hydrogen-bond donors (Lipinski definition) is 1. The second-order valence-electron chi connectivity index (χ2n) is 7.08. The van der Waals surface area contributed by atoms with Gasteiger partial charge in [-0.2, -0.15) is 0 Å². The van der Waals surface area contributed by atoms with Gasteiger partial charge in [-0.1, -0.05) is 24.3 Å². The minimum Gasteiger partial charge on any atom is -0.444 e. The smallest absolute Gasteiger partial charge is 0.410 e. The topological polar surface area (TPSA) is 49.8 Å². The van der Waals surface area contributed by atoms with E-state index in [1.807, 2.05) is 52.0 Å². The zero-order valence-corrected chi connectivity index (χ0v) is 14.0. The van der Waals surface area contributed by atoms with Crippen molar-refractivity contribution in [1.29, 1.82) is 0 Å². The first-order valence-electron chi connectivity index (χ1n) is 8.01. The maximum Gasteiger partial charge on any atom is 0.410 e. The van der Waals surface area contributed by atoms with Crippen molar-refractivity contribution in [3.63, 3.8) is 0 Å². The van der Waals surface area contributed by atoms with Crippen LogP contribution in [-0.4, -0.2) is 34.3 Å². The van der Waals surface area contributed by atoms with E-state index in [1.54, 1.807) is 4.90 Å². The summed E-state index contributed by atoms with van der Waals surface area (Å²) >= 11 is 0. The number of ether oxygens (including phenoxy) is 1. The van der Waals surface area contributed by atoms with Gasteiger partial charge in [-0.3, -0.25) is 0 Å². The lowest BCUT2D eigenvalue weighted by atomic mass is 9.97. The molecule has 1 heterocycles. The number of amides is 1. The molecule has 0 aromatic heterocycles. The Morgan fingerprint density at radius 3 is 2.73 bits per heavy atom. The zero-order valence-electron chi connectivity index (χ0n) is 14.0. The van der Waals surface area contributed by atoms with Crippen LogP contribution in [0.25, 0.3) is 0 Å². The lowest BCUT2D eigenvalue weighted by Gasteiger charge is -2.29. The van der Waals surface area contributed by atoms with Crippen molar-refractivity contribution >= 4 is 6.09 Å². The highest BCUT2D eigenvalue weighted by Crippen LogP contribution is 2.29. The molecule has 1 amide bonds. The number of carbonyl (C=O) groups is 1. The summed E-state index contributed by atoms with van der Waals surface area (Å²) in [4.78, 5) is 14.0. The van der Waals surface area contributed by atoms with Crippen LogP contribution in [0.4, 0.5) is 4.79 Å². The molecule has 1 aliphatic rings. The van der Waals surface area contributed by atoms with Crippen molar-refractivity contribution < 1.29 is 14.6 Å². The van der Waals surface area contributed by atoms with Gasteiger partial charge in [-0.15, -0.1) is 0 Å². The van der Waals surface area contributed by atoms with Gasteiger partial charge >= 0.3 is 6.09 Å². The van der Waals surface area contributed by atoms with Gasteiger partial charge in [-0.25, -0.2) is 4.79 Å². The summed E-state index contributed by atoms with van der Waals surface area (Å²) in [6, 6.07) is 7.90. The lowest BCUT2D eigenvalue weighted by Crippen LogP contribution is -2.40. The van der Waals surface area contributed by atoms with Crippen LogP contribution in [0.1, 0.15) is 57.3 Å². The zero-order chi connectivity index (χ0) is 16.3. The average molecular weight is 305 g/mol. The molecule has 1 saturated heterocycles. The van der Waals surface area contributed by atoms with Gasteiger partial charge in [0.25, 0.3) is 0 Å². The van der Waals surface area contributed by atoms with Crippen LogP contribution in [0.3, 0.4) is 0 Å². The summed E-state index contributed by atoms with van der Waals surface area (Å²) in [6.45, 7) is 8.33. The number of aryl methyl sites for hydroxylation is 1. The van der Waals surface area contributed by atoms with E-state index in [2.05, 4.69) is 0 Å². The van der Waals surface area contributed by atoms with Crippen LogP contribution in [0.15, 0.2) is 24.3 Å². The molecule has 122 valence electrons. The van der Waals surface area contributed by atoms with Crippen molar-refractivity contribution in [2.45, 2.75) is 64.7 Å². The molecule has 4 nitrogen and oxygen atoms in total. The fourth-order valence-electron chi connectivity index (χ4n) is 2.99. The summed E-state index contributed by atoms with van der Waals surface area (Å²) in [5.41, 5.74) is 1.54. The predicted octanol–water partition coefficient (Wildman–Crippen LogP) is 3.82. The molecule has 0 aliphatic carbocycles. The van der Waals surface area contributed by atoms with E-state index >= 15 is 0 Å². The van der Waals surface area contributed by atoms with Gasteiger partial charge in [0.15, 0.2) is 0 Å². The van der Waals surface area contributed by atoms with Crippen molar-refractivity contribution in [2.24, 2.45) is 0 Å². The molecule has 0 saturated carbocycles. The molecule has 1 aromatic carbocycles. The fraction of sp³-hybridized carbons (Fsp3) is 0.611. The van der Waals surface area contributed by atoms with Crippen molar-refractivity contribution in [3.05, 3.63) is 35.4 Å². The molecule has 1 aliphatic heterocycles. The number of rotatable bonds is 3. The minimum absolute atomic E-state index is 0.0458. The van der Waals surface area contributed by atoms with Crippen LogP contribution in [0, 0.1) is 6.92 Å². The van der Waals surface area contributed by atoms with E-state index in [4.69, 9.17) is 4.74 Å². The molecule has 4 heteroatoms. The van der Waals surface area contributed by atoms with Gasteiger partial charge < -0.3 is 14.7 Å². The molecule has 1 aromatic rings. The highest BCUT2D eigenvalue weighted by atomic mass is 16.6. The maximum atomic E-state index is 12.3. The normalized spacial score (nSPS) is 20.0.